The number of nitrogens with one attached hydrogen (secondary N) is 1. The predicted octanol–water partition coefficient (Wildman–Crippen LogP) is 2.51. The molecule has 1 N–H and O–H groups in total. The molecule has 2 aliphatic rings. The molecule has 2 aliphatic heterocycles. The van der Waals surface area contributed by atoms with Crippen molar-refractivity contribution >= 4 is 5.91 Å². The van der Waals surface area contributed by atoms with Crippen LogP contribution in [0.4, 0.5) is 0 Å². The molecule has 0 spiro atoms. The average molecular weight is 360 g/mol. The molecule has 1 aromatic carbocycles. The van der Waals surface area contributed by atoms with Crippen LogP contribution in [0.25, 0.3) is 0 Å². The highest BCUT2D eigenvalue weighted by atomic mass is 16.5. The number of benzene rings is 1. The Hall–Kier alpha value is -1.43. The Balaban J connectivity index is 1.47. The number of piperidine rings is 1. The van der Waals surface area contributed by atoms with Crippen LogP contribution in [-0.2, 0) is 11.3 Å². The Labute approximate surface area is 157 Å². The van der Waals surface area contributed by atoms with E-state index in [1.165, 1.54) is 5.56 Å². The number of amides is 1. The zero-order valence-corrected chi connectivity index (χ0v) is 16.4. The zero-order valence-electron chi connectivity index (χ0n) is 16.4. The van der Waals surface area contributed by atoms with Gasteiger partial charge < -0.3 is 10.1 Å². The van der Waals surface area contributed by atoms with Gasteiger partial charge in [0.25, 0.3) is 5.91 Å². The molecule has 0 saturated carbocycles. The molecular formula is C21H33N3O2. The first kappa shape index (κ1) is 19.3. The van der Waals surface area contributed by atoms with Crippen LogP contribution in [0.2, 0.25) is 0 Å². The maximum Gasteiger partial charge on any atom is 0.251 e. The first-order chi connectivity index (χ1) is 12.5. The van der Waals surface area contributed by atoms with Gasteiger partial charge in [-0.15, -0.1) is 0 Å². The van der Waals surface area contributed by atoms with Crippen LogP contribution in [0.15, 0.2) is 24.3 Å². The first-order valence-corrected chi connectivity index (χ1v) is 9.94. The molecule has 144 valence electrons. The molecule has 5 nitrogen and oxygen atoms in total. The van der Waals surface area contributed by atoms with Crippen LogP contribution >= 0.6 is 0 Å². The predicted molar refractivity (Wildman–Crippen MR) is 104 cm³/mol. The minimum atomic E-state index is 0.0491. The normalized spacial score (nSPS) is 22.8. The molecular weight excluding hydrogens is 326 g/mol. The van der Waals surface area contributed by atoms with Crippen molar-refractivity contribution in [3.63, 3.8) is 0 Å². The SMILES string of the molecule is COC1CCN(Cc2ccc(C(=O)NC3CCN(C(C)C)C3)cc2)CC1. The number of likely N-dealkylation sites (tertiary alicyclic amines) is 2. The van der Waals surface area contributed by atoms with Crippen LogP contribution in [-0.4, -0.2) is 67.2 Å². The zero-order chi connectivity index (χ0) is 18.5. The number of hydrogen-bond acceptors (Lipinski definition) is 4. The van der Waals surface area contributed by atoms with Crippen LogP contribution < -0.4 is 5.32 Å². The highest BCUT2D eigenvalue weighted by Gasteiger charge is 2.25. The molecule has 1 aromatic rings. The average Bonchev–Trinajstić information content (AvgIpc) is 3.12. The number of carbonyl (C=O) groups excluding carboxylic acids is 1. The van der Waals surface area contributed by atoms with Gasteiger partial charge in [-0.1, -0.05) is 12.1 Å². The van der Waals surface area contributed by atoms with Gasteiger partial charge in [-0.2, -0.15) is 0 Å². The molecule has 1 unspecified atom stereocenters. The summed E-state index contributed by atoms with van der Waals surface area (Å²) >= 11 is 0. The van der Waals surface area contributed by atoms with Crippen LogP contribution in [0, 0.1) is 0 Å². The maximum absolute atomic E-state index is 12.5. The smallest absolute Gasteiger partial charge is 0.251 e. The summed E-state index contributed by atoms with van der Waals surface area (Å²) in [4.78, 5) is 17.4. The van der Waals surface area contributed by atoms with Gasteiger partial charge in [0.15, 0.2) is 0 Å². The number of rotatable bonds is 6. The molecule has 3 rings (SSSR count). The molecule has 2 heterocycles. The van der Waals surface area contributed by atoms with E-state index in [0.29, 0.717) is 12.1 Å². The third kappa shape index (κ3) is 5.06. The summed E-state index contributed by atoms with van der Waals surface area (Å²) in [5.41, 5.74) is 2.03. The highest BCUT2D eigenvalue weighted by molar-refractivity contribution is 5.94. The van der Waals surface area contributed by atoms with E-state index in [4.69, 9.17) is 4.74 Å². The minimum absolute atomic E-state index is 0.0491. The van der Waals surface area contributed by atoms with E-state index in [1.54, 1.807) is 7.11 Å². The van der Waals surface area contributed by atoms with Crippen LogP contribution in [0.5, 0.6) is 0 Å². The first-order valence-electron chi connectivity index (χ1n) is 9.94. The fourth-order valence-electron chi connectivity index (χ4n) is 3.97. The quantitative estimate of drug-likeness (QED) is 0.848. The second kappa shape index (κ2) is 8.98. The van der Waals surface area contributed by atoms with Crippen molar-refractivity contribution in [2.24, 2.45) is 0 Å². The van der Waals surface area contributed by atoms with Crippen LogP contribution in [0.3, 0.4) is 0 Å². The van der Waals surface area contributed by atoms with Crippen molar-refractivity contribution < 1.29 is 9.53 Å². The van der Waals surface area contributed by atoms with Crippen molar-refractivity contribution in [3.05, 3.63) is 35.4 Å². The van der Waals surface area contributed by atoms with Gasteiger partial charge in [-0.3, -0.25) is 14.6 Å². The Morgan fingerprint density at radius 1 is 1.15 bits per heavy atom. The molecule has 1 amide bonds. The number of methoxy groups -OCH3 is 1. The molecule has 2 saturated heterocycles. The Kier molecular flexibility index (Phi) is 6.68. The van der Waals surface area contributed by atoms with Crippen molar-refractivity contribution in [1.29, 1.82) is 0 Å². The second-order valence-electron chi connectivity index (χ2n) is 7.96. The number of ether oxygens (including phenoxy) is 1. The summed E-state index contributed by atoms with van der Waals surface area (Å²) in [5, 5.41) is 3.19. The van der Waals surface area contributed by atoms with Gasteiger partial charge in [0.1, 0.15) is 0 Å². The lowest BCUT2D eigenvalue weighted by molar-refractivity contribution is 0.0388. The van der Waals surface area contributed by atoms with E-state index in [2.05, 4.69) is 41.1 Å². The monoisotopic (exact) mass is 359 g/mol. The summed E-state index contributed by atoms with van der Waals surface area (Å²) in [6, 6.07) is 8.92. The molecule has 2 fully saturated rings. The van der Waals surface area contributed by atoms with Crippen molar-refractivity contribution in [3.8, 4) is 0 Å². The third-order valence-corrected chi connectivity index (χ3v) is 5.78. The number of carbonyl (C=O) groups is 1. The van der Waals surface area contributed by atoms with Gasteiger partial charge >= 0.3 is 0 Å². The Morgan fingerprint density at radius 3 is 2.42 bits per heavy atom. The molecule has 0 aliphatic carbocycles. The summed E-state index contributed by atoms with van der Waals surface area (Å²) in [6.07, 6.45) is 3.66. The summed E-state index contributed by atoms with van der Waals surface area (Å²) in [6.45, 7) is 9.55. The largest absolute Gasteiger partial charge is 0.381 e. The highest BCUT2D eigenvalue weighted by Crippen LogP contribution is 2.17. The number of nitrogens with zero attached hydrogens (tertiary/aromatic N) is 2. The van der Waals surface area contributed by atoms with E-state index in [0.717, 1.165) is 57.5 Å². The lowest BCUT2D eigenvalue weighted by Gasteiger charge is -2.31. The minimum Gasteiger partial charge on any atom is -0.381 e. The Morgan fingerprint density at radius 2 is 1.85 bits per heavy atom. The van der Waals surface area contributed by atoms with E-state index in [1.807, 2.05) is 12.1 Å². The molecule has 26 heavy (non-hydrogen) atoms. The molecule has 0 radical (unpaired) electrons. The third-order valence-electron chi connectivity index (χ3n) is 5.78. The standard InChI is InChI=1S/C21H33N3O2/c1-16(2)24-13-8-19(15-24)22-21(25)18-6-4-17(5-7-18)14-23-11-9-20(26-3)10-12-23/h4-7,16,19-20H,8-15H2,1-3H3,(H,22,25). The topological polar surface area (TPSA) is 44.8 Å². The lowest BCUT2D eigenvalue weighted by atomic mass is 10.1. The Bertz CT molecular complexity index is 579. The van der Waals surface area contributed by atoms with Crippen LogP contribution in [0.1, 0.15) is 49.0 Å². The van der Waals surface area contributed by atoms with E-state index >= 15 is 0 Å². The van der Waals surface area contributed by atoms with Crippen molar-refractivity contribution in [1.82, 2.24) is 15.1 Å². The molecule has 5 heteroatoms. The maximum atomic E-state index is 12.5. The fraction of sp³-hybridized carbons (Fsp3) is 0.667. The van der Waals surface area contributed by atoms with Gasteiger partial charge in [-0.25, -0.2) is 0 Å². The summed E-state index contributed by atoms with van der Waals surface area (Å²) in [5.74, 6) is 0.0491. The van der Waals surface area contributed by atoms with Crippen molar-refractivity contribution in [2.75, 3.05) is 33.3 Å². The van der Waals surface area contributed by atoms with E-state index < -0.39 is 0 Å². The van der Waals surface area contributed by atoms with E-state index in [9.17, 15) is 4.79 Å². The molecule has 0 bridgehead atoms. The van der Waals surface area contributed by atoms with Gasteiger partial charge in [-0.05, 0) is 50.8 Å². The summed E-state index contributed by atoms with van der Waals surface area (Å²) in [7, 11) is 1.80. The summed E-state index contributed by atoms with van der Waals surface area (Å²) < 4.78 is 5.43. The molecule has 0 aromatic heterocycles. The van der Waals surface area contributed by atoms with Gasteiger partial charge in [0.05, 0.1) is 6.10 Å². The van der Waals surface area contributed by atoms with E-state index in [-0.39, 0.29) is 11.9 Å². The van der Waals surface area contributed by atoms with Gasteiger partial charge in [0.2, 0.25) is 0 Å². The van der Waals surface area contributed by atoms with Gasteiger partial charge in [0, 0.05) is 57.5 Å². The number of hydrogen-bond donors (Lipinski definition) is 1. The molecule has 1 atom stereocenters. The second-order valence-corrected chi connectivity index (χ2v) is 7.96. The fourth-order valence-corrected chi connectivity index (χ4v) is 3.97. The lowest BCUT2D eigenvalue weighted by Crippen LogP contribution is -2.38. The van der Waals surface area contributed by atoms with Crippen molar-refractivity contribution in [2.45, 2.75) is 57.8 Å².